The Hall–Kier alpha value is -3.10. The largest absolute Gasteiger partial charge is 0.497 e. The molecule has 2 bridgehead atoms. The molecule has 2 aliphatic carbocycles. The Bertz CT molecular complexity index is 887. The molecule has 3 fully saturated rings. The Morgan fingerprint density at radius 2 is 1.74 bits per heavy atom. The number of hydrogen-bond donors (Lipinski definition) is 1. The molecular formula is C22H26N2O7. The van der Waals surface area contributed by atoms with Crippen molar-refractivity contribution in [2.75, 3.05) is 32.7 Å². The summed E-state index contributed by atoms with van der Waals surface area (Å²) in [4.78, 5) is 50.8. The lowest BCUT2D eigenvalue weighted by Gasteiger charge is -2.19. The van der Waals surface area contributed by atoms with Gasteiger partial charge in [0.05, 0.1) is 38.2 Å². The second-order valence-corrected chi connectivity index (χ2v) is 8.24. The molecule has 0 unspecified atom stereocenters. The van der Waals surface area contributed by atoms with Crippen LogP contribution in [-0.4, -0.2) is 56.0 Å². The standard InChI is InChI=1S/C22H26N2O7/c1-29-14-5-6-16(30-2)15(10-14)23-17(25)11-31-18(26)7-8-24-21(27)19-12-3-4-13(9-12)20(19)22(24)28/h5-6,10,12-13,19-20H,3-4,7-9,11H2,1-2H3,(H,23,25)/t12-,13-,19-,20+/m0/s1. The Kier molecular flexibility index (Phi) is 5.84. The summed E-state index contributed by atoms with van der Waals surface area (Å²) < 4.78 is 15.3. The third-order valence-electron chi connectivity index (χ3n) is 6.60. The van der Waals surface area contributed by atoms with Crippen LogP contribution >= 0.6 is 0 Å². The molecule has 0 aromatic heterocycles. The van der Waals surface area contributed by atoms with Crippen LogP contribution in [0.4, 0.5) is 5.69 Å². The average Bonchev–Trinajstić information content (AvgIpc) is 3.45. The molecule has 9 heteroatoms. The fraction of sp³-hybridized carbons (Fsp3) is 0.545. The number of carbonyl (C=O) groups is 4. The topological polar surface area (TPSA) is 111 Å². The van der Waals surface area contributed by atoms with E-state index in [-0.39, 0.29) is 36.6 Å². The second-order valence-electron chi connectivity index (χ2n) is 8.24. The molecule has 166 valence electrons. The summed E-state index contributed by atoms with van der Waals surface area (Å²) in [6, 6.07) is 4.92. The number of imide groups is 1. The van der Waals surface area contributed by atoms with Crippen LogP contribution in [0.1, 0.15) is 25.7 Å². The number of ether oxygens (including phenoxy) is 3. The quantitative estimate of drug-likeness (QED) is 0.493. The molecular weight excluding hydrogens is 404 g/mol. The number of likely N-dealkylation sites (tertiary alicyclic amines) is 1. The molecule has 0 radical (unpaired) electrons. The monoisotopic (exact) mass is 430 g/mol. The minimum atomic E-state index is -0.645. The third-order valence-corrected chi connectivity index (χ3v) is 6.60. The van der Waals surface area contributed by atoms with E-state index in [4.69, 9.17) is 14.2 Å². The zero-order valence-corrected chi connectivity index (χ0v) is 17.6. The molecule has 2 saturated carbocycles. The second kappa shape index (κ2) is 8.56. The summed E-state index contributed by atoms with van der Waals surface area (Å²) in [6.45, 7) is -0.495. The molecule has 4 rings (SSSR count). The Morgan fingerprint density at radius 3 is 2.35 bits per heavy atom. The van der Waals surface area contributed by atoms with Crippen LogP contribution in [0.15, 0.2) is 18.2 Å². The van der Waals surface area contributed by atoms with E-state index >= 15 is 0 Å². The predicted octanol–water partition coefficient (Wildman–Crippen LogP) is 1.61. The Morgan fingerprint density at radius 1 is 1.06 bits per heavy atom. The van der Waals surface area contributed by atoms with E-state index in [2.05, 4.69) is 5.32 Å². The number of amides is 3. The summed E-state index contributed by atoms with van der Waals surface area (Å²) in [5, 5.41) is 2.61. The van der Waals surface area contributed by atoms with Crippen LogP contribution in [-0.2, 0) is 23.9 Å². The molecule has 1 aromatic rings. The van der Waals surface area contributed by atoms with Crippen molar-refractivity contribution >= 4 is 29.4 Å². The first kappa shape index (κ1) is 21.1. The highest BCUT2D eigenvalue weighted by molar-refractivity contribution is 6.06. The molecule has 1 aromatic carbocycles. The first-order valence-corrected chi connectivity index (χ1v) is 10.5. The zero-order chi connectivity index (χ0) is 22.1. The molecule has 1 saturated heterocycles. The van der Waals surface area contributed by atoms with Crippen molar-refractivity contribution in [1.82, 2.24) is 4.90 Å². The van der Waals surface area contributed by atoms with E-state index in [1.165, 1.54) is 19.1 Å². The van der Waals surface area contributed by atoms with Gasteiger partial charge in [0.25, 0.3) is 5.91 Å². The van der Waals surface area contributed by atoms with Gasteiger partial charge in [-0.3, -0.25) is 24.1 Å². The molecule has 1 N–H and O–H groups in total. The SMILES string of the molecule is COc1ccc(OC)c(NC(=O)COC(=O)CCN2C(=O)[C@@H]3[C@H]4CC[C@@H](C4)[C@@H]3C2=O)c1. The number of hydrogen-bond acceptors (Lipinski definition) is 7. The number of esters is 1. The van der Waals surface area contributed by atoms with Gasteiger partial charge in [0.1, 0.15) is 11.5 Å². The lowest BCUT2D eigenvalue weighted by atomic mass is 9.81. The first-order valence-electron chi connectivity index (χ1n) is 10.5. The van der Waals surface area contributed by atoms with Gasteiger partial charge in [0.15, 0.2) is 6.61 Å². The van der Waals surface area contributed by atoms with Crippen LogP contribution in [0.5, 0.6) is 11.5 Å². The van der Waals surface area contributed by atoms with E-state index in [0.717, 1.165) is 19.3 Å². The summed E-state index contributed by atoms with van der Waals surface area (Å²) in [5.74, 6) is -0.320. The highest BCUT2D eigenvalue weighted by Crippen LogP contribution is 2.56. The van der Waals surface area contributed by atoms with Crippen molar-refractivity contribution < 1.29 is 33.4 Å². The highest BCUT2D eigenvalue weighted by Gasteiger charge is 2.60. The first-order chi connectivity index (χ1) is 14.9. The number of benzene rings is 1. The van der Waals surface area contributed by atoms with Crippen molar-refractivity contribution in [3.63, 3.8) is 0 Å². The summed E-state index contributed by atoms with van der Waals surface area (Å²) in [5.41, 5.74) is 0.386. The van der Waals surface area contributed by atoms with E-state index in [1.54, 1.807) is 18.2 Å². The summed E-state index contributed by atoms with van der Waals surface area (Å²) in [7, 11) is 2.97. The summed E-state index contributed by atoms with van der Waals surface area (Å²) in [6.07, 6.45) is 2.85. The van der Waals surface area contributed by atoms with Gasteiger partial charge in [0, 0.05) is 12.6 Å². The molecule has 0 spiro atoms. The van der Waals surface area contributed by atoms with Crippen molar-refractivity contribution in [2.45, 2.75) is 25.7 Å². The Labute approximate surface area is 180 Å². The fourth-order valence-electron chi connectivity index (χ4n) is 5.21. The predicted molar refractivity (Wildman–Crippen MR) is 108 cm³/mol. The maximum Gasteiger partial charge on any atom is 0.308 e. The number of carbonyl (C=O) groups excluding carboxylic acids is 4. The van der Waals surface area contributed by atoms with Crippen molar-refractivity contribution in [2.24, 2.45) is 23.7 Å². The number of rotatable bonds is 8. The van der Waals surface area contributed by atoms with Gasteiger partial charge < -0.3 is 19.5 Å². The molecule has 3 amide bonds. The third kappa shape index (κ3) is 3.96. The molecule has 31 heavy (non-hydrogen) atoms. The maximum atomic E-state index is 12.6. The number of nitrogens with zero attached hydrogens (tertiary/aromatic N) is 1. The summed E-state index contributed by atoms with van der Waals surface area (Å²) >= 11 is 0. The Balaban J connectivity index is 1.25. The highest BCUT2D eigenvalue weighted by atomic mass is 16.5. The van der Waals surface area contributed by atoms with Gasteiger partial charge in [0.2, 0.25) is 11.8 Å². The smallest absolute Gasteiger partial charge is 0.308 e. The average molecular weight is 430 g/mol. The van der Waals surface area contributed by atoms with Crippen LogP contribution in [0, 0.1) is 23.7 Å². The maximum absolute atomic E-state index is 12.6. The van der Waals surface area contributed by atoms with Gasteiger partial charge in [-0.15, -0.1) is 0 Å². The van der Waals surface area contributed by atoms with Gasteiger partial charge in [-0.25, -0.2) is 0 Å². The van der Waals surface area contributed by atoms with E-state index in [9.17, 15) is 19.2 Å². The zero-order valence-electron chi connectivity index (χ0n) is 17.6. The number of methoxy groups -OCH3 is 2. The van der Waals surface area contributed by atoms with Crippen molar-refractivity contribution in [3.05, 3.63) is 18.2 Å². The minimum Gasteiger partial charge on any atom is -0.497 e. The molecule has 3 aliphatic rings. The van der Waals surface area contributed by atoms with Gasteiger partial charge >= 0.3 is 5.97 Å². The number of fused-ring (bicyclic) bond motifs is 5. The van der Waals surface area contributed by atoms with E-state index < -0.39 is 18.5 Å². The molecule has 4 atom stereocenters. The number of nitrogens with one attached hydrogen (secondary N) is 1. The lowest BCUT2D eigenvalue weighted by molar-refractivity contribution is -0.149. The number of anilines is 1. The van der Waals surface area contributed by atoms with Gasteiger partial charge in [-0.1, -0.05) is 0 Å². The van der Waals surface area contributed by atoms with E-state index in [1.807, 2.05) is 0 Å². The normalized spacial score (nSPS) is 26.1. The molecule has 1 aliphatic heterocycles. The van der Waals surface area contributed by atoms with Crippen LogP contribution in [0.2, 0.25) is 0 Å². The van der Waals surface area contributed by atoms with Gasteiger partial charge in [-0.05, 0) is 43.2 Å². The van der Waals surface area contributed by atoms with Crippen LogP contribution in [0.25, 0.3) is 0 Å². The molecule has 9 nitrogen and oxygen atoms in total. The van der Waals surface area contributed by atoms with E-state index in [0.29, 0.717) is 29.0 Å². The molecule has 1 heterocycles. The minimum absolute atomic E-state index is 0.00569. The van der Waals surface area contributed by atoms with Crippen molar-refractivity contribution in [1.29, 1.82) is 0 Å². The van der Waals surface area contributed by atoms with Crippen molar-refractivity contribution in [3.8, 4) is 11.5 Å². The van der Waals surface area contributed by atoms with Crippen LogP contribution in [0.3, 0.4) is 0 Å². The van der Waals surface area contributed by atoms with Crippen LogP contribution < -0.4 is 14.8 Å². The van der Waals surface area contributed by atoms with Gasteiger partial charge in [-0.2, -0.15) is 0 Å². The fourth-order valence-corrected chi connectivity index (χ4v) is 5.21. The lowest BCUT2D eigenvalue weighted by Crippen LogP contribution is -2.35.